The van der Waals surface area contributed by atoms with Gasteiger partial charge in [-0.25, -0.2) is 15.0 Å². The van der Waals surface area contributed by atoms with Gasteiger partial charge in [-0.05, 0) is 37.5 Å². The van der Waals surface area contributed by atoms with Gasteiger partial charge in [-0.15, -0.1) is 0 Å². The molecule has 3 aromatic rings. The molecule has 3 aromatic heterocycles. The number of hydrogen-bond donors (Lipinski definition) is 2. The monoisotopic (exact) mass is 365 g/mol. The predicted octanol–water partition coefficient (Wildman–Crippen LogP) is 2.55. The van der Waals surface area contributed by atoms with Gasteiger partial charge in [0, 0.05) is 36.7 Å². The van der Waals surface area contributed by atoms with Crippen LogP contribution in [0.5, 0.6) is 0 Å². The van der Waals surface area contributed by atoms with Gasteiger partial charge >= 0.3 is 0 Å². The fourth-order valence-electron chi connectivity index (χ4n) is 3.78. The summed E-state index contributed by atoms with van der Waals surface area (Å²) in [5, 5.41) is 14.4. The lowest BCUT2D eigenvalue weighted by Gasteiger charge is -2.32. The van der Waals surface area contributed by atoms with Gasteiger partial charge in [-0.3, -0.25) is 9.36 Å². The summed E-state index contributed by atoms with van der Waals surface area (Å²) in [5.41, 5.74) is 1.31. The maximum atomic E-state index is 12.9. The van der Waals surface area contributed by atoms with Crippen molar-refractivity contribution in [1.29, 1.82) is 0 Å². The zero-order chi connectivity index (χ0) is 18.9. The predicted molar refractivity (Wildman–Crippen MR) is 102 cm³/mol. The van der Waals surface area contributed by atoms with Crippen molar-refractivity contribution in [3.8, 4) is 5.95 Å². The highest BCUT2D eigenvalue weighted by molar-refractivity contribution is 6.07. The normalized spacial score (nSPS) is 16.4. The molecular weight excluding hydrogens is 342 g/mol. The largest absolute Gasteiger partial charge is 0.388 e. The van der Waals surface area contributed by atoms with E-state index in [4.69, 9.17) is 0 Å². The molecule has 0 spiro atoms. The molecule has 1 saturated carbocycles. The molecule has 0 aromatic carbocycles. The first-order chi connectivity index (χ1) is 13.1. The number of hydrogen-bond acceptors (Lipinski definition) is 5. The summed E-state index contributed by atoms with van der Waals surface area (Å²) in [6.45, 7) is 2.21. The van der Waals surface area contributed by atoms with Gasteiger partial charge in [0.25, 0.3) is 5.91 Å². The molecule has 0 bridgehead atoms. The average Bonchev–Trinajstić information content (AvgIpc) is 3.09. The lowest BCUT2D eigenvalue weighted by Crippen LogP contribution is -2.44. The summed E-state index contributed by atoms with van der Waals surface area (Å²) in [7, 11) is 0. The average molecular weight is 365 g/mol. The fourth-order valence-corrected chi connectivity index (χ4v) is 3.78. The zero-order valence-electron chi connectivity index (χ0n) is 15.4. The van der Waals surface area contributed by atoms with Crippen LogP contribution in [-0.4, -0.2) is 42.7 Å². The number of nitrogens with zero attached hydrogens (tertiary/aromatic N) is 4. The highest BCUT2D eigenvalue weighted by Crippen LogP contribution is 2.28. The molecule has 7 nitrogen and oxygen atoms in total. The molecular formula is C20H23N5O2. The number of carbonyl (C=O) groups is 1. The van der Waals surface area contributed by atoms with Gasteiger partial charge < -0.3 is 10.4 Å². The zero-order valence-corrected chi connectivity index (χ0v) is 15.4. The van der Waals surface area contributed by atoms with Gasteiger partial charge in [0.1, 0.15) is 5.65 Å². The molecule has 1 fully saturated rings. The van der Waals surface area contributed by atoms with Crippen molar-refractivity contribution in [2.45, 2.75) is 44.6 Å². The third-order valence-corrected chi connectivity index (χ3v) is 5.27. The van der Waals surface area contributed by atoms with Crippen LogP contribution in [0.15, 0.2) is 36.9 Å². The first-order valence-corrected chi connectivity index (χ1v) is 9.32. The van der Waals surface area contributed by atoms with Crippen molar-refractivity contribution in [3.63, 3.8) is 0 Å². The van der Waals surface area contributed by atoms with Crippen molar-refractivity contribution in [2.75, 3.05) is 6.54 Å². The molecule has 0 aliphatic heterocycles. The molecule has 140 valence electrons. The minimum atomic E-state index is -0.803. The van der Waals surface area contributed by atoms with Crippen molar-refractivity contribution < 1.29 is 9.90 Å². The van der Waals surface area contributed by atoms with Crippen LogP contribution in [0, 0.1) is 6.92 Å². The highest BCUT2D eigenvalue weighted by atomic mass is 16.3. The molecule has 27 heavy (non-hydrogen) atoms. The number of fused-ring (bicyclic) bond motifs is 1. The Morgan fingerprint density at radius 3 is 2.67 bits per heavy atom. The molecule has 0 saturated heterocycles. The fraction of sp³-hybridized carbons (Fsp3) is 0.400. The second-order valence-corrected chi connectivity index (χ2v) is 7.26. The maximum absolute atomic E-state index is 12.9. The van der Waals surface area contributed by atoms with Crippen LogP contribution in [0.25, 0.3) is 17.0 Å². The lowest BCUT2D eigenvalue weighted by molar-refractivity contribution is 0.00527. The molecule has 0 atom stereocenters. The molecule has 4 rings (SSSR count). The third kappa shape index (κ3) is 3.42. The Hall–Kier alpha value is -2.80. The molecule has 0 unspecified atom stereocenters. The van der Waals surface area contributed by atoms with Crippen molar-refractivity contribution in [1.82, 2.24) is 24.8 Å². The summed E-state index contributed by atoms with van der Waals surface area (Å²) in [6.07, 6.45) is 11.3. The Balaban J connectivity index is 1.68. The summed E-state index contributed by atoms with van der Waals surface area (Å²) in [6, 6.07) is 3.62. The second kappa shape index (κ2) is 7.08. The van der Waals surface area contributed by atoms with Crippen molar-refractivity contribution in [3.05, 3.63) is 48.0 Å². The topological polar surface area (TPSA) is 92.9 Å². The molecule has 2 N–H and O–H groups in total. The summed E-state index contributed by atoms with van der Waals surface area (Å²) >= 11 is 0. The SMILES string of the molecule is Cc1ccnc2c1c(C(=O)NCC1(O)CCCCC1)cn2-c1ncccn1. The molecule has 0 radical (unpaired) electrons. The molecule has 1 aliphatic carbocycles. The Morgan fingerprint density at radius 2 is 1.93 bits per heavy atom. The van der Waals surface area contributed by atoms with Crippen LogP contribution in [0.2, 0.25) is 0 Å². The first-order valence-electron chi connectivity index (χ1n) is 9.32. The van der Waals surface area contributed by atoms with Crippen LogP contribution < -0.4 is 5.32 Å². The van der Waals surface area contributed by atoms with E-state index in [1.54, 1.807) is 35.4 Å². The van der Waals surface area contributed by atoms with E-state index in [1.165, 1.54) is 0 Å². The van der Waals surface area contributed by atoms with Crippen LogP contribution in [-0.2, 0) is 0 Å². The van der Waals surface area contributed by atoms with E-state index >= 15 is 0 Å². The standard InChI is InChI=1S/C20H23N5O2/c1-14-6-11-21-17-16(14)15(12-25(17)19-22-9-5-10-23-19)18(26)24-13-20(27)7-3-2-4-8-20/h5-6,9-12,27H,2-4,7-8,13H2,1H3,(H,24,26). The van der Waals surface area contributed by atoms with Crippen LogP contribution >= 0.6 is 0 Å². The Bertz CT molecular complexity index is 961. The number of aliphatic hydroxyl groups is 1. The number of carbonyl (C=O) groups excluding carboxylic acids is 1. The Labute approximate surface area is 157 Å². The number of aryl methyl sites for hydroxylation is 1. The second-order valence-electron chi connectivity index (χ2n) is 7.26. The van der Waals surface area contributed by atoms with Crippen LogP contribution in [0.4, 0.5) is 0 Å². The Kier molecular flexibility index (Phi) is 4.61. The van der Waals surface area contributed by atoms with E-state index in [1.807, 2.05) is 13.0 Å². The van der Waals surface area contributed by atoms with E-state index in [-0.39, 0.29) is 12.5 Å². The number of amides is 1. The minimum absolute atomic E-state index is 0.218. The quantitative estimate of drug-likeness (QED) is 0.741. The van der Waals surface area contributed by atoms with Gasteiger partial charge in [0.2, 0.25) is 5.95 Å². The number of rotatable bonds is 4. The molecule has 1 amide bonds. The van der Waals surface area contributed by atoms with Gasteiger partial charge in [-0.2, -0.15) is 0 Å². The van der Waals surface area contributed by atoms with E-state index in [2.05, 4.69) is 20.3 Å². The summed E-state index contributed by atoms with van der Waals surface area (Å²) < 4.78 is 1.73. The first kappa shape index (κ1) is 17.6. The van der Waals surface area contributed by atoms with Gasteiger partial charge in [-0.1, -0.05) is 19.3 Å². The van der Waals surface area contributed by atoms with Gasteiger partial charge in [0.05, 0.1) is 11.2 Å². The Morgan fingerprint density at radius 1 is 1.19 bits per heavy atom. The van der Waals surface area contributed by atoms with Crippen LogP contribution in [0.1, 0.15) is 48.0 Å². The smallest absolute Gasteiger partial charge is 0.253 e. The molecule has 7 heteroatoms. The number of nitrogens with one attached hydrogen (secondary N) is 1. The molecule has 1 aliphatic rings. The van der Waals surface area contributed by atoms with Crippen molar-refractivity contribution >= 4 is 16.9 Å². The van der Waals surface area contributed by atoms with Crippen molar-refractivity contribution in [2.24, 2.45) is 0 Å². The van der Waals surface area contributed by atoms with E-state index in [0.717, 1.165) is 43.1 Å². The maximum Gasteiger partial charge on any atom is 0.253 e. The van der Waals surface area contributed by atoms with E-state index in [9.17, 15) is 9.90 Å². The minimum Gasteiger partial charge on any atom is -0.388 e. The number of aromatic nitrogens is 4. The highest BCUT2D eigenvalue weighted by Gasteiger charge is 2.30. The summed E-state index contributed by atoms with van der Waals surface area (Å²) in [5.74, 6) is 0.246. The summed E-state index contributed by atoms with van der Waals surface area (Å²) in [4.78, 5) is 25.9. The third-order valence-electron chi connectivity index (χ3n) is 5.27. The van der Waals surface area contributed by atoms with E-state index < -0.39 is 5.60 Å². The number of pyridine rings is 1. The molecule has 3 heterocycles. The van der Waals surface area contributed by atoms with E-state index in [0.29, 0.717) is 17.2 Å². The van der Waals surface area contributed by atoms with Gasteiger partial charge in [0.15, 0.2) is 0 Å². The lowest BCUT2D eigenvalue weighted by atomic mass is 9.85. The van der Waals surface area contributed by atoms with Crippen LogP contribution in [0.3, 0.4) is 0 Å².